The van der Waals surface area contributed by atoms with E-state index in [0.29, 0.717) is 43.1 Å². The summed E-state index contributed by atoms with van der Waals surface area (Å²) in [7, 11) is 0. The first-order valence-electron chi connectivity index (χ1n) is 10.8. The predicted molar refractivity (Wildman–Crippen MR) is 119 cm³/mol. The molecule has 0 unspecified atom stereocenters. The lowest BCUT2D eigenvalue weighted by Gasteiger charge is -2.12. The molecule has 13 heteroatoms. The number of aryl methyl sites for hydroxylation is 2. The first-order valence-corrected chi connectivity index (χ1v) is 10.8. The van der Waals surface area contributed by atoms with Crippen LogP contribution in [0.2, 0.25) is 0 Å². The number of unbranched alkanes of at least 4 members (excludes halogenated alkanes) is 2. The summed E-state index contributed by atoms with van der Waals surface area (Å²) in [6.45, 7) is -0.484. The summed E-state index contributed by atoms with van der Waals surface area (Å²) in [5.41, 5.74) is -3.07. The molecule has 2 N–H and O–H groups in total. The van der Waals surface area contributed by atoms with Gasteiger partial charge < -0.3 is 9.51 Å². The van der Waals surface area contributed by atoms with Crippen molar-refractivity contribution in [3.05, 3.63) is 71.9 Å². The minimum atomic E-state index is -0.851. The third kappa shape index (κ3) is 4.77. The Balaban J connectivity index is 1.53. The highest BCUT2D eigenvalue weighted by molar-refractivity contribution is 5.71. The van der Waals surface area contributed by atoms with E-state index in [4.69, 9.17) is 4.52 Å². The number of alkyl halides is 1. The Hall–Kier alpha value is -4.16. The Kier molecular flexibility index (Phi) is 6.90. The highest BCUT2D eigenvalue weighted by Gasteiger charge is 2.17. The van der Waals surface area contributed by atoms with Crippen molar-refractivity contribution < 1.29 is 8.91 Å². The molecule has 0 bridgehead atoms. The Labute approximate surface area is 190 Å². The second kappa shape index (κ2) is 10.2. The molecule has 0 fully saturated rings. The molecule has 0 aromatic carbocycles. The van der Waals surface area contributed by atoms with Gasteiger partial charge in [-0.2, -0.15) is 4.98 Å². The SMILES string of the molecule is O=c1[nH]c(=O)c2c([nH]1)c(=O)n(CCCCc1noc(-c3ccccn3)n1)c(=O)n2CCCCF. The third-order valence-corrected chi connectivity index (χ3v) is 5.26. The van der Waals surface area contributed by atoms with E-state index in [1.165, 1.54) is 0 Å². The molecule has 0 saturated carbocycles. The Morgan fingerprint density at radius 1 is 0.971 bits per heavy atom. The van der Waals surface area contributed by atoms with Crippen LogP contribution < -0.4 is 22.5 Å². The maximum absolute atomic E-state index is 13.0. The highest BCUT2D eigenvalue weighted by atomic mass is 19.1. The fraction of sp³-hybridized carbons (Fsp3) is 0.381. The predicted octanol–water partition coefficient (Wildman–Crippen LogP) is 0.757. The van der Waals surface area contributed by atoms with Crippen LogP contribution in [0.1, 0.15) is 31.5 Å². The van der Waals surface area contributed by atoms with Crippen molar-refractivity contribution in [2.45, 2.75) is 45.2 Å². The Morgan fingerprint density at radius 3 is 2.53 bits per heavy atom. The lowest BCUT2D eigenvalue weighted by atomic mass is 10.2. The standard InChI is InChI=1S/C21H22FN7O5/c22-9-3-6-11-28-16-15(25-20(32)26-17(16)30)19(31)29(21(28)33)12-5-2-8-14-24-18(34-27-14)13-7-1-4-10-23-13/h1,4,7,10H,2-3,5-6,8-9,11-12H2,(H2,25,26,30,32). The normalized spacial score (nSPS) is 11.3. The molecule has 0 radical (unpaired) electrons. The van der Waals surface area contributed by atoms with Crippen LogP contribution in [0.5, 0.6) is 0 Å². The number of hydrogen-bond donors (Lipinski definition) is 2. The maximum Gasteiger partial charge on any atom is 0.331 e. The molecule has 178 valence electrons. The van der Waals surface area contributed by atoms with Gasteiger partial charge in [-0.25, -0.2) is 9.59 Å². The molecule has 0 spiro atoms. The molecule has 4 heterocycles. The molecular formula is C21H22FN7O5. The molecule has 34 heavy (non-hydrogen) atoms. The van der Waals surface area contributed by atoms with E-state index >= 15 is 0 Å². The average Bonchev–Trinajstić information content (AvgIpc) is 3.30. The van der Waals surface area contributed by atoms with Crippen molar-refractivity contribution in [2.75, 3.05) is 6.67 Å². The number of nitrogens with one attached hydrogen (secondary N) is 2. The summed E-state index contributed by atoms with van der Waals surface area (Å²) in [5.74, 6) is 0.762. The van der Waals surface area contributed by atoms with Gasteiger partial charge in [-0.3, -0.25) is 33.1 Å². The second-order valence-electron chi connectivity index (χ2n) is 7.61. The molecular weight excluding hydrogens is 449 g/mol. The van der Waals surface area contributed by atoms with Crippen molar-refractivity contribution in [2.24, 2.45) is 0 Å². The van der Waals surface area contributed by atoms with Crippen molar-refractivity contribution in [3.63, 3.8) is 0 Å². The van der Waals surface area contributed by atoms with E-state index in [1.807, 2.05) is 4.98 Å². The number of H-pyrrole nitrogens is 2. The minimum absolute atomic E-state index is 0.0355. The fourth-order valence-corrected chi connectivity index (χ4v) is 3.63. The van der Waals surface area contributed by atoms with E-state index in [9.17, 15) is 23.6 Å². The van der Waals surface area contributed by atoms with Crippen molar-refractivity contribution in [3.8, 4) is 11.6 Å². The zero-order valence-electron chi connectivity index (χ0n) is 18.1. The summed E-state index contributed by atoms with van der Waals surface area (Å²) in [5, 5.41) is 3.92. The van der Waals surface area contributed by atoms with Gasteiger partial charge in [-0.05, 0) is 37.8 Å². The fourth-order valence-electron chi connectivity index (χ4n) is 3.63. The third-order valence-electron chi connectivity index (χ3n) is 5.26. The molecule has 4 rings (SSSR count). The van der Waals surface area contributed by atoms with Crippen molar-refractivity contribution in [1.82, 2.24) is 34.2 Å². The van der Waals surface area contributed by atoms with Crippen LogP contribution in [0.15, 0.2) is 48.1 Å². The average molecular weight is 471 g/mol. The van der Waals surface area contributed by atoms with Crippen LogP contribution in [-0.4, -0.2) is 40.9 Å². The number of pyridine rings is 1. The number of hydrogen-bond acceptors (Lipinski definition) is 8. The molecule has 0 amide bonds. The van der Waals surface area contributed by atoms with E-state index < -0.39 is 29.2 Å². The van der Waals surface area contributed by atoms with Crippen LogP contribution in [0.3, 0.4) is 0 Å². The monoisotopic (exact) mass is 471 g/mol. The van der Waals surface area contributed by atoms with Crippen molar-refractivity contribution >= 4 is 11.0 Å². The number of aromatic nitrogens is 7. The van der Waals surface area contributed by atoms with Gasteiger partial charge in [-0.1, -0.05) is 11.2 Å². The van der Waals surface area contributed by atoms with E-state index in [0.717, 1.165) is 9.13 Å². The molecule has 12 nitrogen and oxygen atoms in total. The smallest absolute Gasteiger partial charge is 0.331 e. The number of aromatic amines is 2. The van der Waals surface area contributed by atoms with Crippen LogP contribution in [0, 0.1) is 0 Å². The second-order valence-corrected chi connectivity index (χ2v) is 7.61. The van der Waals surface area contributed by atoms with E-state index in [-0.39, 0.29) is 30.5 Å². The largest absolute Gasteiger partial charge is 0.332 e. The molecule has 0 saturated heterocycles. The number of rotatable bonds is 10. The van der Waals surface area contributed by atoms with Gasteiger partial charge in [0.1, 0.15) is 16.7 Å². The van der Waals surface area contributed by atoms with Gasteiger partial charge in [0, 0.05) is 25.7 Å². The minimum Gasteiger partial charge on any atom is -0.332 e. The van der Waals surface area contributed by atoms with Gasteiger partial charge in [0.25, 0.3) is 17.0 Å². The Morgan fingerprint density at radius 2 is 1.76 bits per heavy atom. The topological polar surface area (TPSA) is 162 Å². The van der Waals surface area contributed by atoms with E-state index in [1.54, 1.807) is 24.4 Å². The van der Waals surface area contributed by atoms with Crippen LogP contribution >= 0.6 is 0 Å². The van der Waals surface area contributed by atoms with E-state index in [2.05, 4.69) is 20.1 Å². The van der Waals surface area contributed by atoms with Crippen LogP contribution in [0.25, 0.3) is 22.6 Å². The molecule has 0 aliphatic rings. The van der Waals surface area contributed by atoms with Crippen LogP contribution in [-0.2, 0) is 19.5 Å². The van der Waals surface area contributed by atoms with Gasteiger partial charge in [0.05, 0.1) is 6.67 Å². The molecule has 0 aliphatic carbocycles. The summed E-state index contributed by atoms with van der Waals surface area (Å²) in [6.07, 6.45) is 3.51. The number of halogens is 1. The van der Waals surface area contributed by atoms with Gasteiger partial charge in [-0.15, -0.1) is 0 Å². The highest BCUT2D eigenvalue weighted by Crippen LogP contribution is 2.14. The van der Waals surface area contributed by atoms with Crippen LogP contribution in [0.4, 0.5) is 4.39 Å². The first kappa shape index (κ1) is 23.0. The Bertz CT molecular complexity index is 1520. The van der Waals surface area contributed by atoms with Gasteiger partial charge in [0.15, 0.2) is 5.82 Å². The van der Waals surface area contributed by atoms with Gasteiger partial charge >= 0.3 is 11.4 Å². The lowest BCUT2D eigenvalue weighted by molar-refractivity contribution is 0.419. The number of nitrogens with zero attached hydrogens (tertiary/aromatic N) is 5. The lowest BCUT2D eigenvalue weighted by Crippen LogP contribution is -2.43. The maximum atomic E-state index is 13.0. The zero-order chi connectivity index (χ0) is 24.1. The summed E-state index contributed by atoms with van der Waals surface area (Å²) < 4.78 is 19.8. The molecule has 4 aromatic heterocycles. The summed E-state index contributed by atoms with van der Waals surface area (Å²) >= 11 is 0. The van der Waals surface area contributed by atoms with Gasteiger partial charge in [0.2, 0.25) is 0 Å². The number of fused-ring (bicyclic) bond motifs is 1. The molecule has 0 aliphatic heterocycles. The first-order chi connectivity index (χ1) is 16.5. The quantitative estimate of drug-likeness (QED) is 0.320. The molecule has 4 aromatic rings. The zero-order valence-corrected chi connectivity index (χ0v) is 18.1. The molecule has 0 atom stereocenters. The summed E-state index contributed by atoms with van der Waals surface area (Å²) in [4.78, 5) is 62.7. The van der Waals surface area contributed by atoms with Crippen molar-refractivity contribution in [1.29, 1.82) is 0 Å². The summed E-state index contributed by atoms with van der Waals surface area (Å²) in [6, 6.07) is 5.33.